The molecule has 0 saturated heterocycles. The number of halogens is 4. The fourth-order valence-electron chi connectivity index (χ4n) is 0.943. The van der Waals surface area contributed by atoms with Gasteiger partial charge in [0, 0.05) is 4.88 Å². The molecule has 1 aromatic heterocycles. The lowest BCUT2D eigenvalue weighted by Crippen LogP contribution is -2.35. The summed E-state index contributed by atoms with van der Waals surface area (Å²) in [4.78, 5) is 0.369. The zero-order chi connectivity index (χ0) is 10.9. The van der Waals surface area contributed by atoms with Gasteiger partial charge in [0.25, 0.3) is 5.92 Å². The molecular weight excluding hydrogens is 312 g/mol. The van der Waals surface area contributed by atoms with E-state index in [4.69, 9.17) is 10.8 Å². The Kier molecular flexibility index (Phi) is 5.63. The number of hydrogen-bond donors (Lipinski definition) is 2. The van der Waals surface area contributed by atoms with Crippen LogP contribution in [0.4, 0.5) is 8.78 Å². The number of aryl methyl sites for hydroxylation is 1. The summed E-state index contributed by atoms with van der Waals surface area (Å²) in [5.41, 5.74) is 6.21. The summed E-state index contributed by atoms with van der Waals surface area (Å²) in [5, 5.41) is 8.46. The van der Waals surface area contributed by atoms with Gasteiger partial charge in [0.2, 0.25) is 0 Å². The van der Waals surface area contributed by atoms with Crippen LogP contribution in [0, 0.1) is 6.92 Å². The minimum atomic E-state index is -3.27. The van der Waals surface area contributed by atoms with E-state index in [-0.39, 0.29) is 12.4 Å². The molecule has 0 aromatic carbocycles. The lowest BCUT2D eigenvalue weighted by molar-refractivity contribution is -0.0703. The van der Waals surface area contributed by atoms with Gasteiger partial charge in [-0.3, -0.25) is 0 Å². The van der Waals surface area contributed by atoms with Crippen molar-refractivity contribution in [3.8, 4) is 0 Å². The molecule has 2 nitrogen and oxygen atoms in total. The van der Waals surface area contributed by atoms with Gasteiger partial charge in [0.1, 0.15) is 12.6 Å². The van der Waals surface area contributed by atoms with E-state index in [0.29, 0.717) is 4.88 Å². The van der Waals surface area contributed by atoms with Crippen molar-refractivity contribution in [2.24, 2.45) is 5.73 Å². The van der Waals surface area contributed by atoms with Crippen molar-refractivity contribution >= 4 is 39.7 Å². The Hall–Kier alpha value is 0.250. The first-order valence-corrected chi connectivity index (χ1v) is 5.49. The highest BCUT2D eigenvalue weighted by Crippen LogP contribution is 2.36. The lowest BCUT2D eigenvalue weighted by Gasteiger charge is -2.19. The van der Waals surface area contributed by atoms with Crippen LogP contribution < -0.4 is 5.73 Å². The molecule has 1 atom stereocenters. The van der Waals surface area contributed by atoms with Crippen molar-refractivity contribution in [1.82, 2.24) is 0 Å². The van der Waals surface area contributed by atoms with E-state index in [9.17, 15) is 8.78 Å². The molecule has 0 spiro atoms. The quantitative estimate of drug-likeness (QED) is 0.899. The number of rotatable bonds is 3. The summed E-state index contributed by atoms with van der Waals surface area (Å²) in [6.07, 6.45) is 0. The summed E-state index contributed by atoms with van der Waals surface area (Å²) < 4.78 is 26.8. The van der Waals surface area contributed by atoms with Crippen LogP contribution in [-0.4, -0.2) is 17.6 Å². The maximum Gasteiger partial charge on any atom is 0.290 e. The molecule has 0 radical (unpaired) electrons. The second-order valence-corrected chi connectivity index (χ2v) is 5.40. The lowest BCUT2D eigenvalue weighted by atomic mass is 10.1. The van der Waals surface area contributed by atoms with Gasteiger partial charge < -0.3 is 10.8 Å². The summed E-state index contributed by atoms with van der Waals surface area (Å²) in [6, 6.07) is 0.158. The highest BCUT2D eigenvalue weighted by atomic mass is 79.9. The van der Waals surface area contributed by atoms with Crippen molar-refractivity contribution in [2.45, 2.75) is 18.9 Å². The Labute approximate surface area is 105 Å². The molecule has 0 bridgehead atoms. The van der Waals surface area contributed by atoms with Gasteiger partial charge in [-0.2, -0.15) is 0 Å². The highest BCUT2D eigenvalue weighted by molar-refractivity contribution is 9.11. The third-order valence-corrected chi connectivity index (χ3v) is 4.07. The van der Waals surface area contributed by atoms with Crippen LogP contribution in [0.5, 0.6) is 0 Å². The van der Waals surface area contributed by atoms with Gasteiger partial charge in [-0.15, -0.1) is 23.7 Å². The van der Waals surface area contributed by atoms with Crippen LogP contribution in [0.1, 0.15) is 16.5 Å². The number of alkyl halides is 2. The van der Waals surface area contributed by atoms with Crippen molar-refractivity contribution in [2.75, 3.05) is 6.61 Å². The molecule has 88 valence electrons. The molecule has 0 saturated carbocycles. The second kappa shape index (κ2) is 5.54. The molecule has 0 aliphatic carbocycles. The molecule has 3 N–H and O–H groups in total. The molecule has 7 heteroatoms. The van der Waals surface area contributed by atoms with E-state index in [2.05, 4.69) is 15.9 Å². The predicted octanol–water partition coefficient (Wildman–Crippen LogP) is 2.87. The zero-order valence-corrected chi connectivity index (χ0v) is 11.1. The topological polar surface area (TPSA) is 46.2 Å². The van der Waals surface area contributed by atoms with Crippen molar-refractivity contribution in [3.63, 3.8) is 0 Å². The van der Waals surface area contributed by atoms with Gasteiger partial charge in [0.15, 0.2) is 0 Å². The fourth-order valence-corrected chi connectivity index (χ4v) is 2.58. The number of thiophene rings is 1. The predicted molar refractivity (Wildman–Crippen MR) is 63.0 cm³/mol. The molecule has 0 aliphatic rings. The average Bonchev–Trinajstić information content (AvgIpc) is 2.45. The van der Waals surface area contributed by atoms with E-state index in [1.165, 1.54) is 11.3 Å². The summed E-state index contributed by atoms with van der Waals surface area (Å²) >= 11 is 4.39. The molecule has 1 heterocycles. The largest absolute Gasteiger partial charge is 0.390 e. The first-order chi connectivity index (χ1) is 6.38. The maximum atomic E-state index is 13.0. The molecule has 15 heavy (non-hydrogen) atoms. The van der Waals surface area contributed by atoms with Gasteiger partial charge in [-0.1, -0.05) is 0 Å². The van der Waals surface area contributed by atoms with E-state index < -0.39 is 18.6 Å². The number of nitrogens with two attached hydrogens (primary N) is 1. The van der Waals surface area contributed by atoms with E-state index in [1.54, 1.807) is 13.0 Å². The maximum absolute atomic E-state index is 13.0. The van der Waals surface area contributed by atoms with Crippen molar-refractivity contribution in [1.29, 1.82) is 0 Å². The molecule has 0 aliphatic heterocycles. The average molecular weight is 323 g/mol. The first-order valence-electron chi connectivity index (χ1n) is 3.88. The minimum absolute atomic E-state index is 0. The molecular formula is C8H11BrClF2NOS. The van der Waals surface area contributed by atoms with Gasteiger partial charge in [0.05, 0.1) is 3.79 Å². The third-order valence-electron chi connectivity index (χ3n) is 1.85. The van der Waals surface area contributed by atoms with E-state index in [1.807, 2.05) is 0 Å². The second-order valence-electron chi connectivity index (χ2n) is 3.00. The first kappa shape index (κ1) is 15.2. The Morgan fingerprint density at radius 2 is 2.20 bits per heavy atom. The molecule has 1 aromatic rings. The van der Waals surface area contributed by atoms with Crippen LogP contribution in [-0.2, 0) is 0 Å². The Morgan fingerprint density at radius 3 is 2.53 bits per heavy atom. The molecule has 0 unspecified atom stereocenters. The monoisotopic (exact) mass is 321 g/mol. The van der Waals surface area contributed by atoms with Crippen LogP contribution in [0.2, 0.25) is 0 Å². The Bertz CT molecular complexity index is 315. The fraction of sp³-hybridized carbons (Fsp3) is 0.500. The van der Waals surface area contributed by atoms with E-state index >= 15 is 0 Å². The Balaban J connectivity index is 0.00000196. The van der Waals surface area contributed by atoms with Crippen LogP contribution >= 0.6 is 39.7 Å². The van der Waals surface area contributed by atoms with E-state index in [0.717, 1.165) is 9.35 Å². The van der Waals surface area contributed by atoms with Crippen molar-refractivity contribution < 1.29 is 13.9 Å². The Morgan fingerprint density at radius 1 is 1.67 bits per heavy atom. The highest BCUT2D eigenvalue weighted by Gasteiger charge is 2.38. The van der Waals surface area contributed by atoms with Gasteiger partial charge in [-0.05, 0) is 34.5 Å². The molecule has 0 amide bonds. The van der Waals surface area contributed by atoms with Crippen LogP contribution in [0.25, 0.3) is 0 Å². The molecule has 1 rings (SSSR count). The normalized spacial score (nSPS) is 13.5. The molecule has 0 fully saturated rings. The van der Waals surface area contributed by atoms with Crippen LogP contribution in [0.15, 0.2) is 9.85 Å². The van der Waals surface area contributed by atoms with Crippen LogP contribution in [0.3, 0.4) is 0 Å². The van der Waals surface area contributed by atoms with Crippen molar-refractivity contribution in [3.05, 3.63) is 20.3 Å². The summed E-state index contributed by atoms with van der Waals surface area (Å²) in [5.74, 6) is -3.27. The van der Waals surface area contributed by atoms with Gasteiger partial charge >= 0.3 is 0 Å². The number of hydrogen-bond acceptors (Lipinski definition) is 3. The smallest absolute Gasteiger partial charge is 0.290 e. The zero-order valence-electron chi connectivity index (χ0n) is 7.84. The SMILES string of the molecule is Cc1cc([C@H](N)C(F)(F)CO)sc1Br.Cl. The number of aliphatic hydroxyl groups excluding tert-OH is 1. The van der Waals surface area contributed by atoms with Gasteiger partial charge in [-0.25, -0.2) is 8.78 Å². The minimum Gasteiger partial charge on any atom is -0.390 e. The summed E-state index contributed by atoms with van der Waals surface area (Å²) in [7, 11) is 0. The standard InChI is InChI=1S/C8H10BrF2NOS.ClH/c1-4-2-5(14-7(4)9)6(12)8(10,11)3-13;/h2,6,13H,3,12H2,1H3;1H/t6-;/m0./s1. The third kappa shape index (κ3) is 3.35. The number of aliphatic hydroxyl groups is 1. The summed E-state index contributed by atoms with van der Waals surface area (Å²) in [6.45, 7) is 0.566.